The molecule has 5 aromatic carbocycles. The highest BCUT2D eigenvalue weighted by molar-refractivity contribution is 7.32. The number of rotatable bonds is 6. The van der Waals surface area contributed by atoms with Gasteiger partial charge in [-0.1, -0.05) is 97.1 Å². The fourth-order valence-electron chi connectivity index (χ4n) is 6.42. The van der Waals surface area contributed by atoms with Gasteiger partial charge in [-0.15, -0.1) is 0 Å². The van der Waals surface area contributed by atoms with Gasteiger partial charge >= 0.3 is 8.25 Å². The third kappa shape index (κ3) is 5.55. The maximum absolute atomic E-state index is 11.1. The van der Waals surface area contributed by atoms with Gasteiger partial charge in [-0.05, 0) is 54.6 Å². The van der Waals surface area contributed by atoms with Crippen LogP contribution >= 0.6 is 8.25 Å². The summed E-state index contributed by atoms with van der Waals surface area (Å²) in [5.41, 5.74) is 10.6. The fraction of sp³-hybridized carbons (Fsp3) is 0. The fourth-order valence-corrected chi connectivity index (χ4v) is 6.76. The van der Waals surface area contributed by atoms with E-state index >= 15 is 0 Å². The topological polar surface area (TPSA) is 98.1 Å². The Morgan fingerprint density at radius 3 is 1.18 bits per heavy atom. The number of hydrogen-bond donors (Lipinski definition) is 1. The van der Waals surface area contributed by atoms with Gasteiger partial charge in [-0.3, -0.25) is 0 Å². The highest BCUT2D eigenvalue weighted by Crippen LogP contribution is 2.33. The molecule has 8 heteroatoms. The van der Waals surface area contributed by atoms with Crippen molar-refractivity contribution in [1.82, 2.24) is 19.9 Å². The van der Waals surface area contributed by atoms with E-state index < -0.39 is 8.25 Å². The third-order valence-corrected chi connectivity index (χ3v) is 9.33. The molecule has 1 atom stereocenters. The van der Waals surface area contributed by atoms with Gasteiger partial charge in [0.2, 0.25) is 0 Å². The van der Waals surface area contributed by atoms with Crippen LogP contribution in [0.4, 0.5) is 0 Å². The summed E-state index contributed by atoms with van der Waals surface area (Å²) >= 11 is 0. The summed E-state index contributed by atoms with van der Waals surface area (Å²) in [4.78, 5) is 29.5. The van der Waals surface area contributed by atoms with E-state index in [0.717, 1.165) is 88.6 Å². The smallest absolute Gasteiger partial charge is 0.365 e. The number of pyridine rings is 4. The van der Waals surface area contributed by atoms with Crippen LogP contribution in [0.1, 0.15) is 0 Å². The molecule has 0 aliphatic heterocycles. The second kappa shape index (κ2) is 12.3. The van der Waals surface area contributed by atoms with Crippen LogP contribution in [-0.2, 0) is 4.57 Å². The minimum atomic E-state index is -3.07. The Kier molecular flexibility index (Phi) is 7.35. The molecular formula is C42H27N4O3P. The Hall–Kier alpha value is -6.27. The second-order valence-electron chi connectivity index (χ2n) is 12.0. The Morgan fingerprint density at radius 1 is 0.400 bits per heavy atom. The molecule has 238 valence electrons. The quantitative estimate of drug-likeness (QED) is 0.139. The zero-order chi connectivity index (χ0) is 33.6. The van der Waals surface area contributed by atoms with Gasteiger partial charge in [0.25, 0.3) is 0 Å². The van der Waals surface area contributed by atoms with Gasteiger partial charge in [-0.2, -0.15) is 0 Å². The van der Waals surface area contributed by atoms with Crippen LogP contribution in [0.25, 0.3) is 88.6 Å². The van der Waals surface area contributed by atoms with E-state index in [2.05, 4.69) is 84.9 Å². The van der Waals surface area contributed by atoms with Crippen LogP contribution in [0.2, 0.25) is 0 Å². The lowest BCUT2D eigenvalue weighted by molar-refractivity contribution is 0.410. The first-order valence-corrected chi connectivity index (χ1v) is 17.4. The first-order valence-electron chi connectivity index (χ1n) is 16.1. The van der Waals surface area contributed by atoms with Crippen molar-refractivity contribution in [3.63, 3.8) is 0 Å². The number of nitrogens with zero attached hydrogens (tertiary/aromatic N) is 4. The lowest BCUT2D eigenvalue weighted by Gasteiger charge is -2.10. The maximum Gasteiger partial charge on any atom is 0.365 e. The van der Waals surface area contributed by atoms with Crippen LogP contribution in [0.3, 0.4) is 0 Å². The van der Waals surface area contributed by atoms with Crippen molar-refractivity contribution >= 4 is 51.9 Å². The summed E-state index contributed by atoms with van der Waals surface area (Å²) in [5, 5.41) is 4.06. The van der Waals surface area contributed by atoms with Crippen LogP contribution in [0, 0.1) is 0 Å². The van der Waals surface area contributed by atoms with Crippen molar-refractivity contribution in [3.05, 3.63) is 152 Å². The largest absolute Gasteiger partial charge is 0.426 e. The van der Waals surface area contributed by atoms with Gasteiger partial charge in [0.15, 0.2) is 0 Å². The van der Waals surface area contributed by atoms with E-state index in [-0.39, 0.29) is 0 Å². The predicted molar refractivity (Wildman–Crippen MR) is 201 cm³/mol. The van der Waals surface area contributed by atoms with Gasteiger partial charge in [0.05, 0.1) is 44.8 Å². The second-order valence-corrected chi connectivity index (χ2v) is 12.8. The van der Waals surface area contributed by atoms with Crippen molar-refractivity contribution in [2.75, 3.05) is 0 Å². The molecule has 0 aliphatic rings. The molecule has 9 aromatic rings. The monoisotopic (exact) mass is 666 g/mol. The van der Waals surface area contributed by atoms with Crippen molar-refractivity contribution < 1.29 is 14.0 Å². The molecule has 0 bridgehead atoms. The molecule has 0 fully saturated rings. The van der Waals surface area contributed by atoms with Gasteiger partial charge in [0.1, 0.15) is 5.75 Å². The summed E-state index contributed by atoms with van der Waals surface area (Å²) in [6, 6.07) is 50.3. The first-order chi connectivity index (χ1) is 24.6. The summed E-state index contributed by atoms with van der Waals surface area (Å²) in [5.74, 6) is 0.334. The van der Waals surface area contributed by atoms with E-state index in [4.69, 9.17) is 29.4 Å². The maximum atomic E-state index is 11.1. The summed E-state index contributed by atoms with van der Waals surface area (Å²) in [7, 11) is -3.07. The average molecular weight is 667 g/mol. The van der Waals surface area contributed by atoms with E-state index in [1.807, 2.05) is 54.6 Å². The van der Waals surface area contributed by atoms with E-state index in [1.54, 1.807) is 12.1 Å². The van der Waals surface area contributed by atoms with Crippen LogP contribution in [0.5, 0.6) is 5.75 Å². The normalized spacial score (nSPS) is 12.1. The van der Waals surface area contributed by atoms with Crippen molar-refractivity contribution in [1.29, 1.82) is 0 Å². The summed E-state index contributed by atoms with van der Waals surface area (Å²) in [6.07, 6.45) is 0. The Bertz CT molecular complexity index is 2770. The Balaban J connectivity index is 1.11. The Labute approximate surface area is 287 Å². The van der Waals surface area contributed by atoms with Crippen molar-refractivity contribution in [3.8, 4) is 50.8 Å². The Morgan fingerprint density at radius 2 is 0.760 bits per heavy atom. The predicted octanol–water partition coefficient (Wildman–Crippen LogP) is 10.3. The van der Waals surface area contributed by atoms with Crippen molar-refractivity contribution in [2.24, 2.45) is 0 Å². The van der Waals surface area contributed by atoms with Gasteiger partial charge in [0, 0.05) is 43.8 Å². The molecule has 4 heterocycles. The van der Waals surface area contributed by atoms with Crippen LogP contribution in [-0.4, -0.2) is 24.8 Å². The van der Waals surface area contributed by atoms with E-state index in [0.29, 0.717) is 5.75 Å². The number of fused-ring (bicyclic) bond motifs is 6. The molecule has 9 rings (SSSR count). The standard InChI is InChI=1S/C42H27N4O3P/c47-50(48)49-34-19-13-27(14-20-34)36-22-16-29-10-12-31-18-24-38(46-42(31)40(29)44-36)33-8-4-7-32(25-33)37-23-17-30-11-9-28-15-21-35(26-5-2-1-3-6-26)43-39(28)41(30)45-37/h1-25,50H,(H,47,48). The zero-order valence-electron chi connectivity index (χ0n) is 26.5. The highest BCUT2D eigenvalue weighted by atomic mass is 31.1. The summed E-state index contributed by atoms with van der Waals surface area (Å²) < 4.78 is 16.0. The first kappa shape index (κ1) is 29.8. The molecule has 4 aromatic heterocycles. The lowest BCUT2D eigenvalue weighted by atomic mass is 10.0. The minimum absolute atomic E-state index is 0.334. The van der Waals surface area contributed by atoms with Crippen LogP contribution < -0.4 is 4.52 Å². The molecule has 1 unspecified atom stereocenters. The lowest BCUT2D eigenvalue weighted by Crippen LogP contribution is -1.92. The number of benzene rings is 5. The molecule has 0 saturated heterocycles. The zero-order valence-corrected chi connectivity index (χ0v) is 27.5. The molecule has 1 N–H and O–H groups in total. The molecule has 0 amide bonds. The molecule has 0 aliphatic carbocycles. The molecule has 7 nitrogen and oxygen atoms in total. The minimum Gasteiger partial charge on any atom is -0.426 e. The molecule has 0 radical (unpaired) electrons. The van der Waals surface area contributed by atoms with E-state index in [1.165, 1.54) is 0 Å². The number of hydrogen-bond acceptors (Lipinski definition) is 6. The summed E-state index contributed by atoms with van der Waals surface area (Å²) in [6.45, 7) is 0. The average Bonchev–Trinajstić information content (AvgIpc) is 3.17. The highest BCUT2D eigenvalue weighted by Gasteiger charge is 2.12. The molecule has 0 saturated carbocycles. The SMILES string of the molecule is O=[PH](O)Oc1ccc(-c2ccc3ccc4ccc(-c5cccc(-c6ccc7ccc8ccc(-c9ccccc9)nc8c7n6)c5)nc4c3n2)cc1. The molecular weight excluding hydrogens is 639 g/mol. The third-order valence-electron chi connectivity index (χ3n) is 8.92. The van der Waals surface area contributed by atoms with E-state index in [9.17, 15) is 4.57 Å². The van der Waals surface area contributed by atoms with Gasteiger partial charge in [-0.25, -0.2) is 24.5 Å². The molecule has 0 spiro atoms. The van der Waals surface area contributed by atoms with Gasteiger partial charge < -0.3 is 9.42 Å². The van der Waals surface area contributed by atoms with Crippen LogP contribution in [0.15, 0.2) is 152 Å². The van der Waals surface area contributed by atoms with Crippen molar-refractivity contribution in [2.45, 2.75) is 0 Å². The number of aromatic nitrogens is 4. The molecule has 50 heavy (non-hydrogen) atoms.